The number of thioether (sulfide) groups is 2. The Labute approximate surface area is 171 Å². The zero-order valence-corrected chi connectivity index (χ0v) is 17.9. The molecule has 2 nitrogen and oxygen atoms in total. The fraction of sp³-hybridized carbons (Fsp3) is 0.304. The molecule has 0 atom stereocenters. The van der Waals surface area contributed by atoms with Crippen LogP contribution < -0.4 is 0 Å². The van der Waals surface area contributed by atoms with Gasteiger partial charge in [0.2, 0.25) is 0 Å². The number of carbonyl (C=O) groups is 2. The first-order valence-electron chi connectivity index (χ1n) is 9.01. The number of aryl methyl sites for hydroxylation is 2. The monoisotopic (exact) mass is 400 g/mol. The molecule has 0 aliphatic carbocycles. The standard InChI is InChI=1S/C13H16OS.C10H12OS/c1-11-6-8-13(9-7-11)15-10-4-3-5-12(2)14;1-9-3-5-10(6-4-9)12-8-2-7-11/h3,5-9H,4,10H2,1-2H3;3-7H,2,8H2,1H3/b5-3+;. The van der Waals surface area contributed by atoms with Crippen LogP contribution in [-0.2, 0) is 9.59 Å². The minimum atomic E-state index is 0.121. The van der Waals surface area contributed by atoms with E-state index in [0.717, 1.165) is 24.2 Å². The lowest BCUT2D eigenvalue weighted by Gasteiger charge is -1.99. The SMILES string of the molecule is CC(=O)/C=C/CCSc1ccc(C)cc1.Cc1ccc(SCCC=O)cc1. The van der Waals surface area contributed by atoms with Gasteiger partial charge in [-0.1, -0.05) is 41.5 Å². The highest BCUT2D eigenvalue weighted by Gasteiger charge is 1.93. The predicted molar refractivity (Wildman–Crippen MR) is 119 cm³/mol. The molecule has 0 aliphatic heterocycles. The van der Waals surface area contributed by atoms with Crippen molar-refractivity contribution in [2.45, 2.75) is 43.4 Å². The number of hydrogen-bond acceptors (Lipinski definition) is 4. The molecule has 0 bridgehead atoms. The number of hydrogen-bond donors (Lipinski definition) is 0. The lowest BCUT2D eigenvalue weighted by atomic mass is 10.2. The molecule has 0 amide bonds. The molecule has 2 aromatic carbocycles. The molecule has 2 aromatic rings. The first-order valence-corrected chi connectivity index (χ1v) is 11.0. The van der Waals surface area contributed by atoms with E-state index in [0.29, 0.717) is 6.42 Å². The summed E-state index contributed by atoms with van der Waals surface area (Å²) in [4.78, 5) is 23.2. The summed E-state index contributed by atoms with van der Waals surface area (Å²) < 4.78 is 0. The second-order valence-electron chi connectivity index (χ2n) is 6.08. The van der Waals surface area contributed by atoms with Crippen LogP contribution in [0.5, 0.6) is 0 Å². The maximum atomic E-state index is 10.6. The number of ketones is 1. The summed E-state index contributed by atoms with van der Waals surface area (Å²) in [6, 6.07) is 16.9. The predicted octanol–water partition coefficient (Wildman–Crippen LogP) is 6.30. The van der Waals surface area contributed by atoms with Gasteiger partial charge in [0.05, 0.1) is 0 Å². The summed E-state index contributed by atoms with van der Waals surface area (Å²) in [5, 5.41) is 0. The van der Waals surface area contributed by atoms with E-state index in [2.05, 4.69) is 62.4 Å². The van der Waals surface area contributed by atoms with E-state index in [4.69, 9.17) is 0 Å². The fourth-order valence-corrected chi connectivity index (χ4v) is 3.58. The number of benzene rings is 2. The molecule has 0 unspecified atom stereocenters. The second-order valence-corrected chi connectivity index (χ2v) is 8.42. The third kappa shape index (κ3) is 12.3. The van der Waals surface area contributed by atoms with E-state index >= 15 is 0 Å². The first kappa shape index (κ1) is 23.3. The summed E-state index contributed by atoms with van der Waals surface area (Å²) >= 11 is 3.54. The van der Waals surface area contributed by atoms with Crippen LogP contribution in [0.2, 0.25) is 0 Å². The maximum Gasteiger partial charge on any atom is 0.152 e. The zero-order chi connectivity index (χ0) is 19.9. The molecule has 0 fully saturated rings. The van der Waals surface area contributed by atoms with Crippen molar-refractivity contribution in [1.82, 2.24) is 0 Å². The molecule has 144 valence electrons. The van der Waals surface area contributed by atoms with Crippen molar-refractivity contribution in [3.63, 3.8) is 0 Å². The summed E-state index contributed by atoms with van der Waals surface area (Å²) in [5.74, 6) is 2.02. The Balaban J connectivity index is 0.000000277. The number of carbonyl (C=O) groups excluding carboxylic acids is 2. The number of allylic oxidation sites excluding steroid dienone is 2. The van der Waals surface area contributed by atoms with E-state index in [1.807, 2.05) is 17.8 Å². The Kier molecular flexibility index (Phi) is 12.3. The molecule has 0 spiro atoms. The Morgan fingerprint density at radius 3 is 1.67 bits per heavy atom. The molecule has 0 aromatic heterocycles. The van der Waals surface area contributed by atoms with Gasteiger partial charge in [0, 0.05) is 27.7 Å². The quantitative estimate of drug-likeness (QED) is 0.214. The van der Waals surface area contributed by atoms with Gasteiger partial charge in [-0.2, -0.15) is 0 Å². The van der Waals surface area contributed by atoms with E-state index in [1.165, 1.54) is 20.9 Å². The van der Waals surface area contributed by atoms with Crippen molar-refractivity contribution in [3.8, 4) is 0 Å². The fourth-order valence-electron chi connectivity index (χ4n) is 1.99. The lowest BCUT2D eigenvalue weighted by Crippen LogP contribution is -1.81. The van der Waals surface area contributed by atoms with Gasteiger partial charge >= 0.3 is 0 Å². The third-order valence-electron chi connectivity index (χ3n) is 3.45. The van der Waals surface area contributed by atoms with Gasteiger partial charge in [0.1, 0.15) is 6.29 Å². The number of rotatable bonds is 9. The van der Waals surface area contributed by atoms with Crippen molar-refractivity contribution in [2.75, 3.05) is 11.5 Å². The number of aldehydes is 1. The molecule has 0 saturated carbocycles. The molecule has 27 heavy (non-hydrogen) atoms. The van der Waals surface area contributed by atoms with Crippen LogP contribution in [0.3, 0.4) is 0 Å². The zero-order valence-electron chi connectivity index (χ0n) is 16.3. The highest BCUT2D eigenvalue weighted by atomic mass is 32.2. The van der Waals surface area contributed by atoms with E-state index in [9.17, 15) is 9.59 Å². The molecule has 0 radical (unpaired) electrons. The Morgan fingerprint density at radius 2 is 1.26 bits per heavy atom. The van der Waals surface area contributed by atoms with Gasteiger partial charge in [0.15, 0.2) is 5.78 Å². The minimum Gasteiger partial charge on any atom is -0.303 e. The highest BCUT2D eigenvalue weighted by Crippen LogP contribution is 2.19. The first-order chi connectivity index (χ1) is 13.0. The lowest BCUT2D eigenvalue weighted by molar-refractivity contribution is -0.112. The van der Waals surface area contributed by atoms with Gasteiger partial charge in [-0.25, -0.2) is 0 Å². The van der Waals surface area contributed by atoms with Gasteiger partial charge in [0.25, 0.3) is 0 Å². The van der Waals surface area contributed by atoms with Crippen molar-refractivity contribution in [2.24, 2.45) is 0 Å². The van der Waals surface area contributed by atoms with Crippen molar-refractivity contribution in [3.05, 3.63) is 71.8 Å². The summed E-state index contributed by atoms with van der Waals surface area (Å²) in [6.07, 6.45) is 6.11. The normalized spacial score (nSPS) is 10.3. The third-order valence-corrected chi connectivity index (χ3v) is 5.54. The molecular formula is C23H28O2S2. The Hall–Kier alpha value is -1.78. The van der Waals surface area contributed by atoms with Crippen LogP contribution in [0.15, 0.2) is 70.5 Å². The molecule has 4 heteroatoms. The summed E-state index contributed by atoms with van der Waals surface area (Å²) in [7, 11) is 0. The van der Waals surface area contributed by atoms with Crippen molar-refractivity contribution < 1.29 is 9.59 Å². The Bertz CT molecular complexity index is 704. The van der Waals surface area contributed by atoms with Gasteiger partial charge in [-0.3, -0.25) is 4.79 Å². The van der Waals surface area contributed by atoms with E-state index in [-0.39, 0.29) is 5.78 Å². The van der Waals surface area contributed by atoms with Crippen LogP contribution in [0.1, 0.15) is 30.9 Å². The van der Waals surface area contributed by atoms with Crippen LogP contribution in [0.25, 0.3) is 0 Å². The highest BCUT2D eigenvalue weighted by molar-refractivity contribution is 7.99. The second kappa shape index (κ2) is 14.3. The van der Waals surface area contributed by atoms with Crippen LogP contribution in [0.4, 0.5) is 0 Å². The van der Waals surface area contributed by atoms with E-state index in [1.54, 1.807) is 24.8 Å². The molecule has 0 aliphatic rings. The van der Waals surface area contributed by atoms with Gasteiger partial charge in [-0.15, -0.1) is 23.5 Å². The topological polar surface area (TPSA) is 34.1 Å². The van der Waals surface area contributed by atoms with Crippen LogP contribution in [-0.4, -0.2) is 23.6 Å². The molecule has 0 heterocycles. The largest absolute Gasteiger partial charge is 0.303 e. The van der Waals surface area contributed by atoms with Crippen molar-refractivity contribution in [1.29, 1.82) is 0 Å². The van der Waals surface area contributed by atoms with Crippen LogP contribution in [0, 0.1) is 13.8 Å². The smallest absolute Gasteiger partial charge is 0.152 e. The average Bonchev–Trinajstić information content (AvgIpc) is 2.65. The van der Waals surface area contributed by atoms with Crippen molar-refractivity contribution >= 4 is 35.6 Å². The molecular weight excluding hydrogens is 372 g/mol. The average molecular weight is 401 g/mol. The molecule has 0 N–H and O–H groups in total. The molecule has 0 saturated heterocycles. The van der Waals surface area contributed by atoms with Crippen LogP contribution >= 0.6 is 23.5 Å². The minimum absolute atomic E-state index is 0.121. The Morgan fingerprint density at radius 1 is 0.815 bits per heavy atom. The summed E-state index contributed by atoms with van der Waals surface area (Å²) in [6.45, 7) is 5.73. The molecule has 2 rings (SSSR count). The summed E-state index contributed by atoms with van der Waals surface area (Å²) in [5.41, 5.74) is 2.56. The van der Waals surface area contributed by atoms with Gasteiger partial charge < -0.3 is 4.79 Å². The van der Waals surface area contributed by atoms with E-state index < -0.39 is 0 Å². The van der Waals surface area contributed by atoms with Gasteiger partial charge in [-0.05, 0) is 57.5 Å². The maximum absolute atomic E-state index is 10.6.